The number of hydrogen-bond acceptors (Lipinski definition) is 5. The molecule has 0 radical (unpaired) electrons. The summed E-state index contributed by atoms with van der Waals surface area (Å²) >= 11 is 3.43. The van der Waals surface area contributed by atoms with Gasteiger partial charge in [-0.05, 0) is 50.2 Å². The molecule has 0 bridgehead atoms. The van der Waals surface area contributed by atoms with Crippen LogP contribution in [-0.4, -0.2) is 58.6 Å². The molecule has 30 heavy (non-hydrogen) atoms. The lowest BCUT2D eigenvalue weighted by Gasteiger charge is -2.36. The molecule has 1 aliphatic heterocycles. The zero-order chi connectivity index (χ0) is 21.1. The van der Waals surface area contributed by atoms with E-state index in [0.29, 0.717) is 25.4 Å². The first-order valence-electron chi connectivity index (χ1n) is 10.0. The third-order valence-corrected chi connectivity index (χ3v) is 5.77. The first kappa shape index (κ1) is 20.4. The highest BCUT2D eigenvalue weighted by Crippen LogP contribution is 2.29. The molecule has 0 spiro atoms. The van der Waals surface area contributed by atoms with Crippen LogP contribution in [0.4, 0.5) is 5.69 Å². The van der Waals surface area contributed by atoms with Crippen LogP contribution >= 0.6 is 15.9 Å². The van der Waals surface area contributed by atoms with Crippen molar-refractivity contribution in [2.75, 3.05) is 37.7 Å². The van der Waals surface area contributed by atoms with Gasteiger partial charge in [0.05, 0.1) is 23.7 Å². The summed E-state index contributed by atoms with van der Waals surface area (Å²) < 4.78 is 8.45. The lowest BCUT2D eigenvalue weighted by molar-refractivity contribution is 0.0740. The number of amides is 1. The normalized spacial score (nSPS) is 14.1. The SMILES string of the molecule is CCOc1ccccc1N1CCN(C(=O)c2nnn(-c3ccc(Br)cc3)c2C)CC1. The van der Waals surface area contributed by atoms with Crippen molar-refractivity contribution in [2.24, 2.45) is 0 Å². The average molecular weight is 470 g/mol. The van der Waals surface area contributed by atoms with Crippen molar-refractivity contribution >= 4 is 27.5 Å². The van der Waals surface area contributed by atoms with Crippen molar-refractivity contribution in [3.63, 3.8) is 0 Å². The fourth-order valence-corrected chi connectivity index (χ4v) is 3.91. The van der Waals surface area contributed by atoms with E-state index in [1.807, 2.05) is 61.2 Å². The average Bonchev–Trinajstić information content (AvgIpc) is 3.16. The molecule has 8 heteroatoms. The third kappa shape index (κ3) is 4.05. The van der Waals surface area contributed by atoms with Gasteiger partial charge in [0.15, 0.2) is 5.69 Å². The van der Waals surface area contributed by atoms with Gasteiger partial charge >= 0.3 is 0 Å². The molecule has 0 aliphatic carbocycles. The van der Waals surface area contributed by atoms with Gasteiger partial charge in [-0.25, -0.2) is 4.68 Å². The Morgan fingerprint density at radius 1 is 1.07 bits per heavy atom. The second kappa shape index (κ2) is 8.87. The van der Waals surface area contributed by atoms with E-state index in [2.05, 4.69) is 37.2 Å². The van der Waals surface area contributed by atoms with Crippen LogP contribution in [0, 0.1) is 6.92 Å². The highest BCUT2D eigenvalue weighted by atomic mass is 79.9. The van der Waals surface area contributed by atoms with Crippen molar-refractivity contribution < 1.29 is 9.53 Å². The molecule has 1 aromatic heterocycles. The lowest BCUT2D eigenvalue weighted by Crippen LogP contribution is -2.49. The number of piperazine rings is 1. The van der Waals surface area contributed by atoms with Crippen LogP contribution in [0.5, 0.6) is 5.75 Å². The Hall–Kier alpha value is -2.87. The highest BCUT2D eigenvalue weighted by molar-refractivity contribution is 9.10. The standard InChI is InChI=1S/C22H24BrN5O2/c1-3-30-20-7-5-4-6-19(20)26-12-14-27(15-13-26)22(29)21-16(2)28(25-24-21)18-10-8-17(23)9-11-18/h4-11H,3,12-15H2,1-2H3. The van der Waals surface area contributed by atoms with Gasteiger partial charge in [0.25, 0.3) is 5.91 Å². The molecule has 0 unspecified atom stereocenters. The van der Waals surface area contributed by atoms with Crippen molar-refractivity contribution in [1.29, 1.82) is 0 Å². The van der Waals surface area contributed by atoms with Gasteiger partial charge in [-0.15, -0.1) is 5.10 Å². The first-order chi connectivity index (χ1) is 14.6. The molecular weight excluding hydrogens is 446 g/mol. The van der Waals surface area contributed by atoms with Crippen LogP contribution < -0.4 is 9.64 Å². The molecule has 156 valence electrons. The molecule has 7 nitrogen and oxygen atoms in total. The molecule has 2 aromatic carbocycles. The Bertz CT molecular complexity index is 1030. The topological polar surface area (TPSA) is 63.5 Å². The molecular formula is C22H24BrN5O2. The number of hydrogen-bond donors (Lipinski definition) is 0. The summed E-state index contributed by atoms with van der Waals surface area (Å²) in [6.07, 6.45) is 0. The van der Waals surface area contributed by atoms with Crippen LogP contribution in [-0.2, 0) is 0 Å². The van der Waals surface area contributed by atoms with Crippen LogP contribution in [0.3, 0.4) is 0 Å². The minimum Gasteiger partial charge on any atom is -0.492 e. The largest absolute Gasteiger partial charge is 0.492 e. The second-order valence-electron chi connectivity index (χ2n) is 7.09. The number of benzene rings is 2. The second-order valence-corrected chi connectivity index (χ2v) is 8.01. The van der Waals surface area contributed by atoms with E-state index in [0.717, 1.165) is 40.4 Å². The van der Waals surface area contributed by atoms with Crippen molar-refractivity contribution in [3.05, 3.63) is 64.4 Å². The molecule has 0 atom stereocenters. The van der Waals surface area contributed by atoms with E-state index in [-0.39, 0.29) is 5.91 Å². The van der Waals surface area contributed by atoms with Gasteiger partial charge in [-0.2, -0.15) is 0 Å². The Kier molecular flexibility index (Phi) is 6.03. The van der Waals surface area contributed by atoms with E-state index < -0.39 is 0 Å². The summed E-state index contributed by atoms with van der Waals surface area (Å²) in [6.45, 7) is 7.24. The van der Waals surface area contributed by atoms with Crippen LogP contribution in [0.2, 0.25) is 0 Å². The fourth-order valence-electron chi connectivity index (χ4n) is 3.65. The summed E-state index contributed by atoms with van der Waals surface area (Å²) in [5.41, 5.74) is 3.09. The van der Waals surface area contributed by atoms with Gasteiger partial charge in [-0.3, -0.25) is 4.79 Å². The summed E-state index contributed by atoms with van der Waals surface area (Å²) in [6, 6.07) is 15.8. The number of halogens is 1. The van der Waals surface area contributed by atoms with Gasteiger partial charge in [-0.1, -0.05) is 33.3 Å². The molecule has 1 aliphatic rings. The lowest BCUT2D eigenvalue weighted by atomic mass is 10.2. The Morgan fingerprint density at radius 3 is 2.47 bits per heavy atom. The molecule has 2 heterocycles. The van der Waals surface area contributed by atoms with E-state index in [9.17, 15) is 4.79 Å². The van der Waals surface area contributed by atoms with Crippen molar-refractivity contribution in [1.82, 2.24) is 19.9 Å². The Balaban J connectivity index is 1.46. The van der Waals surface area contributed by atoms with E-state index in [1.54, 1.807) is 4.68 Å². The minimum atomic E-state index is -0.0754. The third-order valence-electron chi connectivity index (χ3n) is 5.24. The first-order valence-corrected chi connectivity index (χ1v) is 10.8. The zero-order valence-electron chi connectivity index (χ0n) is 17.1. The predicted molar refractivity (Wildman–Crippen MR) is 120 cm³/mol. The van der Waals surface area contributed by atoms with E-state index >= 15 is 0 Å². The summed E-state index contributed by atoms with van der Waals surface area (Å²) in [4.78, 5) is 17.2. The quantitative estimate of drug-likeness (QED) is 0.569. The van der Waals surface area contributed by atoms with Gasteiger partial charge in [0, 0.05) is 30.7 Å². The molecule has 4 rings (SSSR count). The number of ether oxygens (including phenoxy) is 1. The van der Waals surface area contributed by atoms with Crippen molar-refractivity contribution in [3.8, 4) is 11.4 Å². The van der Waals surface area contributed by atoms with E-state index in [4.69, 9.17) is 4.74 Å². The molecule has 1 amide bonds. The number of carbonyl (C=O) groups is 1. The monoisotopic (exact) mass is 469 g/mol. The molecule has 3 aromatic rings. The van der Waals surface area contributed by atoms with Crippen LogP contribution in [0.25, 0.3) is 5.69 Å². The summed E-state index contributed by atoms with van der Waals surface area (Å²) in [7, 11) is 0. The number of carbonyl (C=O) groups excluding carboxylic acids is 1. The fraction of sp³-hybridized carbons (Fsp3) is 0.318. The Labute approximate surface area is 184 Å². The van der Waals surface area contributed by atoms with Gasteiger partial charge in [0.1, 0.15) is 5.75 Å². The number of nitrogens with zero attached hydrogens (tertiary/aromatic N) is 5. The molecule has 0 N–H and O–H groups in total. The highest BCUT2D eigenvalue weighted by Gasteiger charge is 2.27. The summed E-state index contributed by atoms with van der Waals surface area (Å²) in [5, 5.41) is 8.38. The molecule has 1 saturated heterocycles. The number of para-hydroxylation sites is 2. The molecule has 0 saturated carbocycles. The predicted octanol–water partition coefficient (Wildman–Crippen LogP) is 3.70. The Morgan fingerprint density at radius 2 is 1.77 bits per heavy atom. The van der Waals surface area contributed by atoms with Gasteiger partial charge < -0.3 is 14.5 Å². The van der Waals surface area contributed by atoms with Crippen LogP contribution in [0.1, 0.15) is 23.1 Å². The maximum atomic E-state index is 13.1. The van der Waals surface area contributed by atoms with Crippen LogP contribution in [0.15, 0.2) is 53.0 Å². The minimum absolute atomic E-state index is 0.0754. The maximum absolute atomic E-state index is 13.1. The van der Waals surface area contributed by atoms with Crippen molar-refractivity contribution in [2.45, 2.75) is 13.8 Å². The summed E-state index contributed by atoms with van der Waals surface area (Å²) in [5.74, 6) is 0.807. The molecule has 1 fully saturated rings. The number of anilines is 1. The number of aromatic nitrogens is 3. The van der Waals surface area contributed by atoms with Gasteiger partial charge in [0.2, 0.25) is 0 Å². The smallest absolute Gasteiger partial charge is 0.276 e. The van der Waals surface area contributed by atoms with E-state index in [1.165, 1.54) is 0 Å². The number of rotatable bonds is 5. The zero-order valence-corrected chi connectivity index (χ0v) is 18.7. The maximum Gasteiger partial charge on any atom is 0.276 e.